The topological polar surface area (TPSA) is 143 Å². The third-order valence-corrected chi connectivity index (χ3v) is 3.31. The number of hydrogen-bond donors (Lipinski definition) is 6. The van der Waals surface area contributed by atoms with Crippen LogP contribution in [0.2, 0.25) is 0 Å². The van der Waals surface area contributed by atoms with Gasteiger partial charge in [0.25, 0.3) is 0 Å². The smallest absolute Gasteiger partial charge is 0.174 e. The zero-order valence-electron chi connectivity index (χ0n) is 11.3. The summed E-state index contributed by atoms with van der Waals surface area (Å²) >= 11 is 0. The fraction of sp³-hybridized carbons (Fsp3) is 1.00. The molecule has 0 radical (unpaired) electrons. The number of nitrogens with one attached hydrogen (secondary N) is 1. The molecule has 0 spiro atoms. The Morgan fingerprint density at radius 3 is 2.63 bits per heavy atom. The third-order valence-electron chi connectivity index (χ3n) is 3.31. The molecule has 0 aliphatic carbocycles. The molecule has 0 aromatic heterocycles. The Kier molecular flexibility index (Phi) is 6.57. The maximum absolute atomic E-state index is 9.92. The van der Waals surface area contributed by atoms with Crippen LogP contribution in [0.5, 0.6) is 0 Å². The van der Waals surface area contributed by atoms with Gasteiger partial charge in [0, 0.05) is 12.5 Å². The molecule has 8 heteroatoms. The number of likely N-dealkylation sites (N-methyl/N-ethyl adjacent to an activating group) is 1. The normalized spacial score (nSPS) is 36.8. The van der Waals surface area contributed by atoms with E-state index in [0.29, 0.717) is 0 Å². The van der Waals surface area contributed by atoms with E-state index in [4.69, 9.17) is 26.0 Å². The lowest BCUT2D eigenvalue weighted by molar-refractivity contribution is -0.283. The summed E-state index contributed by atoms with van der Waals surface area (Å²) < 4.78 is 10.7. The summed E-state index contributed by atoms with van der Waals surface area (Å²) in [4.78, 5) is 0. The SMILES string of the molecule is CNC(C(C)N)C(O)O[C@@H]1CC(O)[C@H](N)C(CO)O1. The molecule has 0 aromatic carbocycles. The van der Waals surface area contributed by atoms with Gasteiger partial charge in [-0.25, -0.2) is 0 Å². The Morgan fingerprint density at radius 2 is 2.16 bits per heavy atom. The molecule has 0 aromatic rings. The number of ether oxygens (including phenoxy) is 2. The number of hydrogen-bond acceptors (Lipinski definition) is 8. The van der Waals surface area contributed by atoms with Crippen molar-refractivity contribution >= 4 is 0 Å². The molecule has 1 aliphatic rings. The van der Waals surface area contributed by atoms with Gasteiger partial charge < -0.3 is 41.6 Å². The molecule has 1 rings (SSSR count). The number of aliphatic hydroxyl groups is 3. The van der Waals surface area contributed by atoms with Gasteiger partial charge in [-0.3, -0.25) is 0 Å². The van der Waals surface area contributed by atoms with Crippen LogP contribution >= 0.6 is 0 Å². The standard InChI is InChI=1S/C11H25N3O5/c1-5(12)10(14-2)11(17)19-8-3-6(16)9(13)7(4-15)18-8/h5-11,14-17H,3-4,12-13H2,1-2H3/t5?,6?,7?,8-,9+,10?,11?/m1/s1. The van der Waals surface area contributed by atoms with Crippen molar-refractivity contribution < 1.29 is 24.8 Å². The van der Waals surface area contributed by atoms with Gasteiger partial charge in [0.05, 0.1) is 24.8 Å². The Morgan fingerprint density at radius 1 is 1.53 bits per heavy atom. The molecular formula is C11H25N3O5. The van der Waals surface area contributed by atoms with Gasteiger partial charge in [-0.2, -0.15) is 0 Å². The van der Waals surface area contributed by atoms with E-state index in [9.17, 15) is 10.2 Å². The summed E-state index contributed by atoms with van der Waals surface area (Å²) in [5.74, 6) is 0. The molecule has 0 bridgehead atoms. The van der Waals surface area contributed by atoms with Gasteiger partial charge in [-0.1, -0.05) is 0 Å². The van der Waals surface area contributed by atoms with E-state index in [-0.39, 0.29) is 19.1 Å². The number of nitrogens with two attached hydrogens (primary N) is 2. The van der Waals surface area contributed by atoms with E-state index in [1.807, 2.05) is 0 Å². The highest BCUT2D eigenvalue weighted by molar-refractivity contribution is 4.86. The Balaban J connectivity index is 2.56. The van der Waals surface area contributed by atoms with E-state index in [2.05, 4.69) is 5.32 Å². The van der Waals surface area contributed by atoms with Crippen LogP contribution in [0.15, 0.2) is 0 Å². The highest BCUT2D eigenvalue weighted by atomic mass is 16.7. The van der Waals surface area contributed by atoms with Crippen molar-refractivity contribution in [2.45, 2.75) is 56.3 Å². The third kappa shape index (κ3) is 4.33. The second kappa shape index (κ2) is 7.46. The Hall–Kier alpha value is -0.320. The van der Waals surface area contributed by atoms with Crippen molar-refractivity contribution in [3.05, 3.63) is 0 Å². The van der Waals surface area contributed by atoms with Gasteiger partial charge in [0.15, 0.2) is 12.6 Å². The van der Waals surface area contributed by atoms with Crippen LogP contribution in [0.25, 0.3) is 0 Å². The van der Waals surface area contributed by atoms with Gasteiger partial charge >= 0.3 is 0 Å². The van der Waals surface area contributed by atoms with Crippen LogP contribution in [0.4, 0.5) is 0 Å². The second-order valence-corrected chi connectivity index (χ2v) is 4.87. The lowest BCUT2D eigenvalue weighted by Crippen LogP contribution is -2.57. The summed E-state index contributed by atoms with van der Waals surface area (Å²) in [6.07, 6.45) is -3.47. The largest absolute Gasteiger partial charge is 0.394 e. The minimum Gasteiger partial charge on any atom is -0.394 e. The van der Waals surface area contributed by atoms with Crippen LogP contribution in [0, 0.1) is 0 Å². The zero-order chi connectivity index (χ0) is 14.6. The molecule has 7 atom stereocenters. The number of rotatable bonds is 6. The molecule has 1 saturated heterocycles. The maximum atomic E-state index is 9.92. The summed E-state index contributed by atoms with van der Waals surface area (Å²) in [7, 11) is 1.66. The summed E-state index contributed by atoms with van der Waals surface area (Å²) in [5, 5.41) is 31.6. The van der Waals surface area contributed by atoms with Crippen molar-refractivity contribution in [2.24, 2.45) is 11.5 Å². The summed E-state index contributed by atoms with van der Waals surface area (Å²) in [6.45, 7) is 1.41. The van der Waals surface area contributed by atoms with Crippen molar-refractivity contribution in [3.63, 3.8) is 0 Å². The molecule has 19 heavy (non-hydrogen) atoms. The molecule has 5 unspecified atom stereocenters. The predicted octanol–water partition coefficient (Wildman–Crippen LogP) is -2.95. The molecule has 8 N–H and O–H groups in total. The first kappa shape index (κ1) is 16.7. The van der Waals surface area contributed by atoms with Crippen LogP contribution in [0.1, 0.15) is 13.3 Å². The van der Waals surface area contributed by atoms with Crippen LogP contribution in [-0.4, -0.2) is 71.9 Å². The van der Waals surface area contributed by atoms with Crippen molar-refractivity contribution in [1.29, 1.82) is 0 Å². The maximum Gasteiger partial charge on any atom is 0.174 e. The van der Waals surface area contributed by atoms with Crippen molar-refractivity contribution in [3.8, 4) is 0 Å². The summed E-state index contributed by atoms with van der Waals surface area (Å²) in [6, 6.07) is -1.47. The minimum atomic E-state index is -1.18. The zero-order valence-corrected chi connectivity index (χ0v) is 11.3. The molecule has 0 amide bonds. The first-order valence-electron chi connectivity index (χ1n) is 6.37. The van der Waals surface area contributed by atoms with Crippen LogP contribution in [0.3, 0.4) is 0 Å². The van der Waals surface area contributed by atoms with E-state index in [1.165, 1.54) is 0 Å². The number of aliphatic hydroxyl groups excluding tert-OH is 3. The van der Waals surface area contributed by atoms with Gasteiger partial charge in [-0.15, -0.1) is 0 Å². The molecular weight excluding hydrogens is 254 g/mol. The lowest BCUT2D eigenvalue weighted by Gasteiger charge is -2.38. The second-order valence-electron chi connectivity index (χ2n) is 4.87. The average Bonchev–Trinajstić information content (AvgIpc) is 2.33. The minimum absolute atomic E-state index is 0.129. The Bertz CT molecular complexity index is 269. The predicted molar refractivity (Wildman–Crippen MR) is 67.9 cm³/mol. The highest BCUT2D eigenvalue weighted by Crippen LogP contribution is 2.21. The molecule has 1 heterocycles. The average molecular weight is 279 g/mol. The van der Waals surface area contributed by atoms with E-state index < -0.39 is 36.9 Å². The van der Waals surface area contributed by atoms with Gasteiger partial charge in [-0.05, 0) is 14.0 Å². The monoisotopic (exact) mass is 279 g/mol. The molecule has 1 aliphatic heterocycles. The van der Waals surface area contributed by atoms with E-state index in [1.54, 1.807) is 14.0 Å². The Labute approximate surface area is 112 Å². The molecule has 114 valence electrons. The molecule has 8 nitrogen and oxygen atoms in total. The first-order chi connectivity index (χ1) is 8.90. The van der Waals surface area contributed by atoms with Crippen LogP contribution < -0.4 is 16.8 Å². The van der Waals surface area contributed by atoms with E-state index >= 15 is 0 Å². The highest BCUT2D eigenvalue weighted by Gasteiger charge is 2.37. The van der Waals surface area contributed by atoms with Gasteiger partial charge in [0.2, 0.25) is 0 Å². The fourth-order valence-corrected chi connectivity index (χ4v) is 2.10. The quantitative estimate of drug-likeness (QED) is 0.283. The molecule has 0 saturated carbocycles. The van der Waals surface area contributed by atoms with Gasteiger partial charge in [0.1, 0.15) is 6.10 Å². The summed E-state index contributed by atoms with van der Waals surface area (Å²) in [5.41, 5.74) is 11.4. The van der Waals surface area contributed by atoms with E-state index in [0.717, 1.165) is 0 Å². The molecule has 1 fully saturated rings. The van der Waals surface area contributed by atoms with Crippen LogP contribution in [-0.2, 0) is 9.47 Å². The van der Waals surface area contributed by atoms with Crippen molar-refractivity contribution in [1.82, 2.24) is 5.32 Å². The van der Waals surface area contributed by atoms with Crippen molar-refractivity contribution in [2.75, 3.05) is 13.7 Å². The fourth-order valence-electron chi connectivity index (χ4n) is 2.10. The first-order valence-corrected chi connectivity index (χ1v) is 6.37. The lowest BCUT2D eigenvalue weighted by atomic mass is 10.00.